The van der Waals surface area contributed by atoms with Crippen molar-refractivity contribution in [2.45, 2.75) is 58.5 Å². The summed E-state index contributed by atoms with van der Waals surface area (Å²) < 4.78 is 5.27. The van der Waals surface area contributed by atoms with Gasteiger partial charge in [-0.05, 0) is 25.2 Å². The van der Waals surface area contributed by atoms with Crippen molar-refractivity contribution in [2.24, 2.45) is 5.92 Å². The van der Waals surface area contributed by atoms with Crippen molar-refractivity contribution in [3.8, 4) is 0 Å². The molecule has 0 spiro atoms. The predicted molar refractivity (Wildman–Crippen MR) is 78.0 cm³/mol. The van der Waals surface area contributed by atoms with Gasteiger partial charge in [0.1, 0.15) is 0 Å². The van der Waals surface area contributed by atoms with Gasteiger partial charge in [-0.2, -0.15) is 0 Å². The highest BCUT2D eigenvalue weighted by molar-refractivity contribution is 4.96. The molecule has 108 valence electrons. The minimum Gasteiger partial charge on any atom is -0.383 e. The summed E-state index contributed by atoms with van der Waals surface area (Å²) in [6.45, 7) is 13.4. The zero-order valence-electron chi connectivity index (χ0n) is 13.0. The normalized spacial score (nSPS) is 24.7. The molecule has 0 aromatic rings. The summed E-state index contributed by atoms with van der Waals surface area (Å²) in [6.07, 6.45) is 3.70. The number of ether oxygens (including phenoxy) is 1. The average Bonchev–Trinajstić information content (AvgIpc) is 2.37. The summed E-state index contributed by atoms with van der Waals surface area (Å²) in [7, 11) is 1.80. The van der Waals surface area contributed by atoms with E-state index in [0.717, 1.165) is 25.6 Å². The van der Waals surface area contributed by atoms with Gasteiger partial charge < -0.3 is 10.1 Å². The van der Waals surface area contributed by atoms with Crippen LogP contribution in [0.1, 0.15) is 47.0 Å². The molecule has 1 atom stereocenters. The fraction of sp³-hybridized carbons (Fsp3) is 1.00. The Morgan fingerprint density at radius 3 is 2.50 bits per heavy atom. The highest BCUT2D eigenvalue weighted by Gasteiger charge is 2.36. The summed E-state index contributed by atoms with van der Waals surface area (Å²) in [5.74, 6) is 0.762. The van der Waals surface area contributed by atoms with Crippen LogP contribution in [-0.4, -0.2) is 49.8 Å². The average molecular weight is 256 g/mol. The number of piperazine rings is 1. The molecule has 1 fully saturated rings. The number of hydrogen-bond acceptors (Lipinski definition) is 3. The molecule has 3 heteroatoms. The lowest BCUT2D eigenvalue weighted by Gasteiger charge is -2.48. The first kappa shape index (κ1) is 15.9. The highest BCUT2D eigenvalue weighted by Crippen LogP contribution is 2.25. The fourth-order valence-electron chi connectivity index (χ4n) is 3.01. The molecule has 0 aromatic heterocycles. The molecule has 0 amide bonds. The van der Waals surface area contributed by atoms with Crippen LogP contribution in [0.15, 0.2) is 0 Å². The van der Waals surface area contributed by atoms with E-state index in [1.165, 1.54) is 25.8 Å². The molecular weight excluding hydrogens is 224 g/mol. The third kappa shape index (κ3) is 4.22. The lowest BCUT2D eigenvalue weighted by atomic mass is 9.87. The van der Waals surface area contributed by atoms with Crippen molar-refractivity contribution in [3.05, 3.63) is 0 Å². The smallest absolute Gasteiger partial charge is 0.0589 e. The Hall–Kier alpha value is -0.120. The van der Waals surface area contributed by atoms with Crippen molar-refractivity contribution in [1.82, 2.24) is 10.2 Å². The molecule has 0 aromatic carbocycles. The third-order valence-corrected chi connectivity index (χ3v) is 4.41. The zero-order chi connectivity index (χ0) is 13.6. The maximum absolute atomic E-state index is 5.27. The lowest BCUT2D eigenvalue weighted by molar-refractivity contribution is 0.0406. The molecule has 0 saturated carbocycles. The molecule has 0 bridgehead atoms. The first-order valence-corrected chi connectivity index (χ1v) is 7.55. The van der Waals surface area contributed by atoms with E-state index in [2.05, 4.69) is 37.9 Å². The molecule has 1 unspecified atom stereocenters. The largest absolute Gasteiger partial charge is 0.383 e. The second-order valence-corrected chi connectivity index (χ2v) is 6.11. The monoisotopic (exact) mass is 256 g/mol. The first-order chi connectivity index (χ1) is 8.56. The van der Waals surface area contributed by atoms with Gasteiger partial charge in [0.05, 0.1) is 6.61 Å². The van der Waals surface area contributed by atoms with Crippen LogP contribution in [-0.2, 0) is 4.74 Å². The van der Waals surface area contributed by atoms with E-state index in [9.17, 15) is 0 Å². The zero-order valence-corrected chi connectivity index (χ0v) is 13.0. The van der Waals surface area contributed by atoms with Crippen molar-refractivity contribution in [1.29, 1.82) is 0 Å². The first-order valence-electron chi connectivity index (χ1n) is 7.55. The SMILES string of the molecule is CCC1(CC)CN(CCOC)C(CC(C)C)CN1. The molecule has 1 rings (SSSR count). The van der Waals surface area contributed by atoms with Gasteiger partial charge in [0.2, 0.25) is 0 Å². The second kappa shape index (κ2) is 7.46. The molecular formula is C15H32N2O. The Morgan fingerprint density at radius 1 is 1.33 bits per heavy atom. The second-order valence-electron chi connectivity index (χ2n) is 6.11. The fourth-order valence-corrected chi connectivity index (χ4v) is 3.01. The lowest BCUT2D eigenvalue weighted by Crippen LogP contribution is -2.64. The number of nitrogens with one attached hydrogen (secondary N) is 1. The highest BCUT2D eigenvalue weighted by atomic mass is 16.5. The van der Waals surface area contributed by atoms with Gasteiger partial charge in [-0.25, -0.2) is 0 Å². The van der Waals surface area contributed by atoms with Gasteiger partial charge in [-0.1, -0.05) is 27.7 Å². The van der Waals surface area contributed by atoms with Crippen LogP contribution in [0.25, 0.3) is 0 Å². The Morgan fingerprint density at radius 2 is 2.00 bits per heavy atom. The van der Waals surface area contributed by atoms with Crippen LogP contribution < -0.4 is 5.32 Å². The van der Waals surface area contributed by atoms with Gasteiger partial charge >= 0.3 is 0 Å². The van der Waals surface area contributed by atoms with Gasteiger partial charge in [-0.3, -0.25) is 4.90 Å². The van der Waals surface area contributed by atoms with E-state index in [-0.39, 0.29) is 0 Å². The molecule has 0 radical (unpaired) electrons. The topological polar surface area (TPSA) is 24.5 Å². The third-order valence-electron chi connectivity index (χ3n) is 4.41. The number of hydrogen-bond donors (Lipinski definition) is 1. The van der Waals surface area contributed by atoms with Gasteiger partial charge in [0.25, 0.3) is 0 Å². The summed E-state index contributed by atoms with van der Waals surface area (Å²) in [5, 5.41) is 3.81. The molecule has 1 aliphatic heterocycles. The number of rotatable bonds is 7. The van der Waals surface area contributed by atoms with E-state index < -0.39 is 0 Å². The maximum Gasteiger partial charge on any atom is 0.0589 e. The van der Waals surface area contributed by atoms with E-state index >= 15 is 0 Å². The van der Waals surface area contributed by atoms with E-state index in [4.69, 9.17) is 4.74 Å². The predicted octanol–water partition coefficient (Wildman–Crippen LogP) is 2.51. The summed E-state index contributed by atoms with van der Waals surface area (Å²) >= 11 is 0. The van der Waals surface area contributed by atoms with Crippen molar-refractivity contribution in [3.63, 3.8) is 0 Å². The quantitative estimate of drug-likeness (QED) is 0.757. The molecule has 1 saturated heterocycles. The number of nitrogens with zero attached hydrogens (tertiary/aromatic N) is 1. The summed E-state index contributed by atoms with van der Waals surface area (Å²) in [4.78, 5) is 2.65. The van der Waals surface area contributed by atoms with Gasteiger partial charge in [-0.15, -0.1) is 0 Å². The minimum absolute atomic E-state index is 0.321. The summed E-state index contributed by atoms with van der Waals surface area (Å²) in [5.41, 5.74) is 0.321. The van der Waals surface area contributed by atoms with Gasteiger partial charge in [0, 0.05) is 38.3 Å². The Kier molecular flexibility index (Phi) is 6.61. The van der Waals surface area contributed by atoms with E-state index in [1.807, 2.05) is 0 Å². The van der Waals surface area contributed by atoms with Crippen molar-refractivity contribution >= 4 is 0 Å². The summed E-state index contributed by atoms with van der Waals surface area (Å²) in [6, 6.07) is 0.673. The number of methoxy groups -OCH3 is 1. The van der Waals surface area contributed by atoms with E-state index in [1.54, 1.807) is 7.11 Å². The van der Waals surface area contributed by atoms with Gasteiger partial charge in [0.15, 0.2) is 0 Å². The van der Waals surface area contributed by atoms with Crippen LogP contribution >= 0.6 is 0 Å². The Balaban J connectivity index is 2.65. The van der Waals surface area contributed by atoms with Crippen LogP contribution in [0.3, 0.4) is 0 Å². The Bertz CT molecular complexity index is 227. The standard InChI is InChI=1S/C15H32N2O/c1-6-15(7-2)12-17(8-9-18-5)14(11-16-15)10-13(3)4/h13-14,16H,6-12H2,1-5H3. The molecule has 1 aliphatic rings. The van der Waals surface area contributed by atoms with E-state index in [0.29, 0.717) is 11.6 Å². The molecule has 1 N–H and O–H groups in total. The molecule has 3 nitrogen and oxygen atoms in total. The van der Waals surface area contributed by atoms with Crippen LogP contribution in [0.5, 0.6) is 0 Å². The molecule has 1 heterocycles. The Labute approximate surface area is 113 Å². The molecule has 0 aliphatic carbocycles. The van der Waals surface area contributed by atoms with Crippen LogP contribution in [0.2, 0.25) is 0 Å². The maximum atomic E-state index is 5.27. The van der Waals surface area contributed by atoms with Crippen LogP contribution in [0.4, 0.5) is 0 Å². The van der Waals surface area contributed by atoms with Crippen molar-refractivity contribution < 1.29 is 4.74 Å². The minimum atomic E-state index is 0.321. The van der Waals surface area contributed by atoms with Crippen LogP contribution in [0, 0.1) is 5.92 Å². The van der Waals surface area contributed by atoms with Crippen molar-refractivity contribution in [2.75, 3.05) is 33.4 Å². The molecule has 18 heavy (non-hydrogen) atoms.